The van der Waals surface area contributed by atoms with Crippen LogP contribution in [0.1, 0.15) is 0 Å². The van der Waals surface area contributed by atoms with Gasteiger partial charge in [-0.1, -0.05) is 23.7 Å². The van der Waals surface area contributed by atoms with Crippen LogP contribution in [0.25, 0.3) is 11.5 Å². The Morgan fingerprint density at radius 2 is 1.69 bits per heavy atom. The number of fused-ring (bicyclic) bond motifs is 1. The predicted octanol–water partition coefficient (Wildman–Crippen LogP) is 3.35. The maximum absolute atomic E-state index is 13.7. The van der Waals surface area contributed by atoms with Crippen LogP contribution in [0.4, 0.5) is 5.88 Å². The minimum Gasteiger partial charge on any atom is -0.486 e. The SMILES string of the molecule is CN1CCN(c2oc(-c3ccccc3Cl)nc2S(=O)(=O)c2ccc3c(c2)OCCO3)CC1. The van der Waals surface area contributed by atoms with Crippen LogP contribution in [-0.2, 0) is 9.84 Å². The summed E-state index contributed by atoms with van der Waals surface area (Å²) in [5.74, 6) is 1.31. The Hall–Kier alpha value is -2.75. The van der Waals surface area contributed by atoms with Crippen LogP contribution >= 0.6 is 11.6 Å². The van der Waals surface area contributed by atoms with Crippen LogP contribution in [0.5, 0.6) is 11.5 Å². The number of hydrogen-bond acceptors (Lipinski definition) is 8. The molecule has 5 rings (SSSR count). The van der Waals surface area contributed by atoms with Crippen molar-refractivity contribution in [1.29, 1.82) is 0 Å². The van der Waals surface area contributed by atoms with Gasteiger partial charge in [-0.15, -0.1) is 0 Å². The molecule has 1 saturated heterocycles. The van der Waals surface area contributed by atoms with Gasteiger partial charge in [0, 0.05) is 32.2 Å². The number of hydrogen-bond donors (Lipinski definition) is 0. The first kappa shape index (κ1) is 21.1. The molecule has 2 aliphatic heterocycles. The second-order valence-corrected chi connectivity index (χ2v) is 9.98. The van der Waals surface area contributed by atoms with E-state index in [1.54, 1.807) is 30.3 Å². The van der Waals surface area contributed by atoms with E-state index in [0.29, 0.717) is 48.4 Å². The summed E-state index contributed by atoms with van der Waals surface area (Å²) in [7, 11) is -1.98. The van der Waals surface area contributed by atoms with Gasteiger partial charge in [0.15, 0.2) is 11.5 Å². The number of sulfone groups is 1. The van der Waals surface area contributed by atoms with Crippen LogP contribution < -0.4 is 14.4 Å². The second kappa shape index (κ2) is 8.31. The number of oxazole rings is 1. The van der Waals surface area contributed by atoms with Gasteiger partial charge in [-0.05, 0) is 31.3 Å². The largest absolute Gasteiger partial charge is 0.486 e. The lowest BCUT2D eigenvalue weighted by atomic mass is 10.2. The molecule has 0 saturated carbocycles. The highest BCUT2D eigenvalue weighted by atomic mass is 35.5. The molecule has 0 radical (unpaired) electrons. The molecule has 2 aliphatic rings. The van der Waals surface area contributed by atoms with Gasteiger partial charge in [0.05, 0.1) is 15.5 Å². The molecule has 0 spiro atoms. The third kappa shape index (κ3) is 3.80. The summed E-state index contributed by atoms with van der Waals surface area (Å²) < 4.78 is 44.5. The minimum atomic E-state index is -4.00. The normalized spacial score (nSPS) is 16.9. The minimum absolute atomic E-state index is 0.0659. The summed E-state index contributed by atoms with van der Waals surface area (Å²) in [5, 5.41) is 0.301. The first-order valence-electron chi connectivity index (χ1n) is 10.3. The van der Waals surface area contributed by atoms with Gasteiger partial charge in [-0.2, -0.15) is 4.98 Å². The third-order valence-corrected chi connectivity index (χ3v) is 7.53. The van der Waals surface area contributed by atoms with Crippen LogP contribution in [0.15, 0.2) is 56.8 Å². The fourth-order valence-electron chi connectivity index (χ4n) is 3.73. The van der Waals surface area contributed by atoms with Crippen LogP contribution in [0, 0.1) is 0 Å². The summed E-state index contributed by atoms with van der Waals surface area (Å²) in [6, 6.07) is 11.6. The molecule has 10 heteroatoms. The molecular formula is C22H22ClN3O5S. The molecule has 0 bridgehead atoms. The van der Waals surface area contributed by atoms with Gasteiger partial charge in [0.25, 0.3) is 0 Å². The van der Waals surface area contributed by atoms with Crippen molar-refractivity contribution in [2.24, 2.45) is 0 Å². The molecule has 1 aromatic heterocycles. The Bertz CT molecular complexity index is 1250. The van der Waals surface area contributed by atoms with Crippen LogP contribution in [-0.4, -0.2) is 64.7 Å². The molecule has 0 amide bonds. The maximum Gasteiger partial charge on any atom is 0.236 e. The van der Waals surface area contributed by atoms with E-state index in [0.717, 1.165) is 13.1 Å². The first-order valence-corrected chi connectivity index (χ1v) is 12.1. The highest BCUT2D eigenvalue weighted by molar-refractivity contribution is 7.91. The zero-order chi connectivity index (χ0) is 22.3. The topological polar surface area (TPSA) is 85.1 Å². The van der Waals surface area contributed by atoms with Crippen molar-refractivity contribution < 1.29 is 22.3 Å². The molecule has 168 valence electrons. The number of rotatable bonds is 4. The number of benzene rings is 2. The lowest BCUT2D eigenvalue weighted by molar-refractivity contribution is 0.171. The van der Waals surface area contributed by atoms with E-state index in [-0.39, 0.29) is 21.7 Å². The number of piperazine rings is 1. The summed E-state index contributed by atoms with van der Waals surface area (Å²) in [6.45, 7) is 3.60. The Kier molecular flexibility index (Phi) is 5.48. The molecule has 3 aromatic rings. The van der Waals surface area contributed by atoms with Gasteiger partial charge in [0.1, 0.15) is 13.2 Å². The summed E-state index contributed by atoms with van der Waals surface area (Å²) in [4.78, 5) is 8.59. The molecular weight excluding hydrogens is 454 g/mol. The standard InChI is InChI=1S/C22H22ClN3O5S/c1-25-8-10-26(11-9-25)22-21(24-20(31-22)16-4-2-3-5-17(16)23)32(27,28)15-6-7-18-19(14-15)30-13-12-29-18/h2-7,14H,8-13H2,1H3. The fraction of sp³-hybridized carbons (Fsp3) is 0.318. The average molecular weight is 476 g/mol. The Morgan fingerprint density at radius 3 is 2.44 bits per heavy atom. The van der Waals surface area contributed by atoms with E-state index >= 15 is 0 Å². The number of halogens is 1. The van der Waals surface area contributed by atoms with E-state index in [9.17, 15) is 8.42 Å². The molecule has 8 nitrogen and oxygen atoms in total. The first-order chi connectivity index (χ1) is 15.4. The third-order valence-electron chi connectivity index (χ3n) is 5.55. The van der Waals surface area contributed by atoms with E-state index < -0.39 is 9.84 Å². The lowest BCUT2D eigenvalue weighted by Gasteiger charge is -2.32. The molecule has 0 N–H and O–H groups in total. The Balaban J connectivity index is 1.62. The summed E-state index contributed by atoms with van der Waals surface area (Å²) in [6.07, 6.45) is 0. The average Bonchev–Trinajstić information content (AvgIpc) is 3.25. The van der Waals surface area contributed by atoms with Crippen molar-refractivity contribution in [3.63, 3.8) is 0 Å². The Morgan fingerprint density at radius 1 is 0.969 bits per heavy atom. The second-order valence-electron chi connectivity index (χ2n) is 7.71. The van der Waals surface area contributed by atoms with Crippen molar-refractivity contribution in [2.75, 3.05) is 51.3 Å². The Labute approximate surface area is 191 Å². The maximum atomic E-state index is 13.7. The highest BCUT2D eigenvalue weighted by Crippen LogP contribution is 2.39. The molecule has 2 aromatic carbocycles. The summed E-state index contributed by atoms with van der Waals surface area (Å²) >= 11 is 6.34. The van der Waals surface area contributed by atoms with Gasteiger partial charge >= 0.3 is 0 Å². The zero-order valence-electron chi connectivity index (χ0n) is 17.5. The summed E-state index contributed by atoms with van der Waals surface area (Å²) in [5.41, 5.74) is 0.535. The number of aromatic nitrogens is 1. The van der Waals surface area contributed by atoms with E-state index in [1.807, 2.05) is 11.9 Å². The fourth-order valence-corrected chi connectivity index (χ4v) is 5.29. The van der Waals surface area contributed by atoms with Gasteiger partial charge in [-0.3, -0.25) is 0 Å². The van der Waals surface area contributed by atoms with E-state index in [1.165, 1.54) is 12.1 Å². The van der Waals surface area contributed by atoms with Gasteiger partial charge in [-0.25, -0.2) is 8.42 Å². The van der Waals surface area contributed by atoms with Gasteiger partial charge < -0.3 is 23.7 Å². The zero-order valence-corrected chi connectivity index (χ0v) is 19.0. The number of likely N-dealkylation sites (N-methyl/N-ethyl adjacent to an activating group) is 1. The molecule has 0 unspecified atom stereocenters. The predicted molar refractivity (Wildman–Crippen MR) is 120 cm³/mol. The van der Waals surface area contributed by atoms with Crippen LogP contribution in [0.2, 0.25) is 5.02 Å². The quantitative estimate of drug-likeness (QED) is 0.568. The van der Waals surface area contributed by atoms with E-state index in [2.05, 4.69) is 9.88 Å². The van der Waals surface area contributed by atoms with Crippen molar-refractivity contribution in [3.8, 4) is 23.0 Å². The van der Waals surface area contributed by atoms with Gasteiger partial charge in [0.2, 0.25) is 26.6 Å². The number of anilines is 1. The van der Waals surface area contributed by atoms with Crippen molar-refractivity contribution in [2.45, 2.75) is 9.92 Å². The van der Waals surface area contributed by atoms with E-state index in [4.69, 9.17) is 25.5 Å². The molecule has 3 heterocycles. The van der Waals surface area contributed by atoms with Crippen molar-refractivity contribution in [3.05, 3.63) is 47.5 Å². The van der Waals surface area contributed by atoms with Crippen molar-refractivity contribution in [1.82, 2.24) is 9.88 Å². The van der Waals surface area contributed by atoms with Crippen molar-refractivity contribution >= 4 is 27.3 Å². The highest BCUT2D eigenvalue weighted by Gasteiger charge is 2.33. The smallest absolute Gasteiger partial charge is 0.236 e. The molecule has 1 fully saturated rings. The monoisotopic (exact) mass is 475 g/mol. The van der Waals surface area contributed by atoms with Crippen LogP contribution in [0.3, 0.4) is 0 Å². The molecule has 0 atom stereocenters. The lowest BCUT2D eigenvalue weighted by Crippen LogP contribution is -2.44. The number of ether oxygens (including phenoxy) is 2. The number of nitrogens with zero attached hydrogens (tertiary/aromatic N) is 3. The molecule has 0 aliphatic carbocycles. The molecule has 32 heavy (non-hydrogen) atoms.